The number of anilines is 1. The standard InChI is InChI=1S/C21H25N3O/c1-16-7-8-20-18(13-16)19(14-22-20)21(25)15-23-9-11-24(12-10-23)17-5-3-2-4-6-17/h2-8,13-14,21-22,25H,9-12,15H2,1H3. The maximum absolute atomic E-state index is 10.8. The van der Waals surface area contributed by atoms with Crippen LogP contribution in [0.5, 0.6) is 0 Å². The number of aliphatic hydroxyl groups excluding tert-OH is 1. The number of aromatic nitrogens is 1. The van der Waals surface area contributed by atoms with E-state index in [0.29, 0.717) is 6.54 Å². The van der Waals surface area contributed by atoms with Gasteiger partial charge in [0.05, 0.1) is 6.10 Å². The van der Waals surface area contributed by atoms with Crippen LogP contribution in [0, 0.1) is 6.92 Å². The van der Waals surface area contributed by atoms with Gasteiger partial charge in [0.1, 0.15) is 0 Å². The van der Waals surface area contributed by atoms with E-state index < -0.39 is 6.10 Å². The maximum atomic E-state index is 10.8. The highest BCUT2D eigenvalue weighted by Gasteiger charge is 2.21. The molecule has 1 aliphatic heterocycles. The zero-order chi connectivity index (χ0) is 17.2. The third-order valence-electron chi connectivity index (χ3n) is 5.15. The van der Waals surface area contributed by atoms with Crippen molar-refractivity contribution in [2.75, 3.05) is 37.6 Å². The first-order valence-corrected chi connectivity index (χ1v) is 8.99. The van der Waals surface area contributed by atoms with E-state index in [4.69, 9.17) is 0 Å². The minimum atomic E-state index is -0.459. The van der Waals surface area contributed by atoms with Crippen molar-refractivity contribution in [2.45, 2.75) is 13.0 Å². The number of β-amino-alcohol motifs (C(OH)–C–C–N with tert-alkyl or cyclic N) is 1. The van der Waals surface area contributed by atoms with Crippen LogP contribution in [0.4, 0.5) is 5.69 Å². The van der Waals surface area contributed by atoms with Gasteiger partial charge in [0, 0.05) is 61.1 Å². The van der Waals surface area contributed by atoms with E-state index in [-0.39, 0.29) is 0 Å². The molecule has 1 unspecified atom stereocenters. The predicted octanol–water partition coefficient (Wildman–Crippen LogP) is 3.33. The third kappa shape index (κ3) is 3.41. The second-order valence-corrected chi connectivity index (χ2v) is 6.93. The molecule has 2 aromatic carbocycles. The lowest BCUT2D eigenvalue weighted by Gasteiger charge is -2.36. The van der Waals surface area contributed by atoms with Crippen LogP contribution in [0.15, 0.2) is 54.7 Å². The number of nitrogens with one attached hydrogen (secondary N) is 1. The highest BCUT2D eigenvalue weighted by molar-refractivity contribution is 5.84. The van der Waals surface area contributed by atoms with Gasteiger partial charge >= 0.3 is 0 Å². The summed E-state index contributed by atoms with van der Waals surface area (Å²) in [7, 11) is 0. The number of piperazine rings is 1. The summed E-state index contributed by atoms with van der Waals surface area (Å²) in [5.74, 6) is 0. The monoisotopic (exact) mass is 335 g/mol. The zero-order valence-corrected chi connectivity index (χ0v) is 14.7. The van der Waals surface area contributed by atoms with Crippen LogP contribution in [0.2, 0.25) is 0 Å². The van der Waals surface area contributed by atoms with E-state index in [1.54, 1.807) is 0 Å². The number of benzene rings is 2. The largest absolute Gasteiger partial charge is 0.387 e. The molecule has 0 radical (unpaired) electrons. The summed E-state index contributed by atoms with van der Waals surface area (Å²) in [6.45, 7) is 6.74. The fourth-order valence-corrected chi connectivity index (χ4v) is 3.70. The van der Waals surface area contributed by atoms with Gasteiger partial charge in [0.2, 0.25) is 0 Å². The third-order valence-corrected chi connectivity index (χ3v) is 5.15. The second kappa shape index (κ2) is 6.90. The van der Waals surface area contributed by atoms with E-state index in [0.717, 1.165) is 42.6 Å². The Morgan fingerprint density at radius 1 is 1.04 bits per heavy atom. The molecule has 0 aliphatic carbocycles. The number of H-pyrrole nitrogens is 1. The number of aryl methyl sites for hydroxylation is 1. The summed E-state index contributed by atoms with van der Waals surface area (Å²) in [4.78, 5) is 8.05. The Labute approximate surface area is 148 Å². The number of fused-ring (bicyclic) bond motifs is 1. The second-order valence-electron chi connectivity index (χ2n) is 6.93. The van der Waals surface area contributed by atoms with Gasteiger partial charge in [-0.05, 0) is 31.2 Å². The summed E-state index contributed by atoms with van der Waals surface area (Å²) < 4.78 is 0. The Bertz CT molecular complexity index is 835. The molecule has 1 atom stereocenters. The number of aromatic amines is 1. The van der Waals surface area contributed by atoms with E-state index >= 15 is 0 Å². The lowest BCUT2D eigenvalue weighted by molar-refractivity contribution is 0.110. The summed E-state index contributed by atoms with van der Waals surface area (Å²) in [6.07, 6.45) is 1.49. The van der Waals surface area contributed by atoms with Crippen molar-refractivity contribution >= 4 is 16.6 Å². The first-order chi connectivity index (χ1) is 12.2. The molecule has 3 aromatic rings. The molecule has 1 aliphatic rings. The van der Waals surface area contributed by atoms with Crippen molar-refractivity contribution in [2.24, 2.45) is 0 Å². The normalized spacial score (nSPS) is 17.1. The quantitative estimate of drug-likeness (QED) is 0.768. The van der Waals surface area contributed by atoms with E-state index in [2.05, 4.69) is 70.2 Å². The van der Waals surface area contributed by atoms with Gasteiger partial charge in [-0.25, -0.2) is 0 Å². The molecule has 0 saturated carbocycles. The molecule has 0 bridgehead atoms. The Hall–Kier alpha value is -2.30. The highest BCUT2D eigenvalue weighted by atomic mass is 16.3. The van der Waals surface area contributed by atoms with Crippen LogP contribution in [0.25, 0.3) is 10.9 Å². The van der Waals surface area contributed by atoms with Crippen molar-refractivity contribution in [3.05, 3.63) is 65.9 Å². The Kier molecular flexibility index (Phi) is 4.47. The number of hydrogen-bond donors (Lipinski definition) is 2. The summed E-state index contributed by atoms with van der Waals surface area (Å²) in [5, 5.41) is 11.9. The van der Waals surface area contributed by atoms with Gasteiger partial charge < -0.3 is 15.0 Å². The summed E-state index contributed by atoms with van der Waals surface area (Å²) in [6, 6.07) is 16.9. The average Bonchev–Trinajstić information content (AvgIpc) is 3.06. The van der Waals surface area contributed by atoms with Gasteiger partial charge in [-0.3, -0.25) is 4.90 Å². The summed E-state index contributed by atoms with van der Waals surface area (Å²) >= 11 is 0. The molecule has 1 fully saturated rings. The Morgan fingerprint density at radius 2 is 1.80 bits per heavy atom. The van der Waals surface area contributed by atoms with Crippen LogP contribution >= 0.6 is 0 Å². The minimum absolute atomic E-state index is 0.459. The molecule has 0 spiro atoms. The molecule has 4 heteroatoms. The van der Waals surface area contributed by atoms with Crippen molar-refractivity contribution in [3.63, 3.8) is 0 Å². The first kappa shape index (κ1) is 16.2. The lowest BCUT2D eigenvalue weighted by Crippen LogP contribution is -2.47. The average molecular weight is 335 g/mol. The fourth-order valence-electron chi connectivity index (χ4n) is 3.70. The van der Waals surface area contributed by atoms with Crippen molar-refractivity contribution < 1.29 is 5.11 Å². The molecule has 4 nitrogen and oxygen atoms in total. The van der Waals surface area contributed by atoms with E-state index in [1.807, 2.05) is 6.20 Å². The molecular weight excluding hydrogens is 310 g/mol. The fraction of sp³-hybridized carbons (Fsp3) is 0.333. The molecule has 1 saturated heterocycles. The number of hydrogen-bond acceptors (Lipinski definition) is 3. The Morgan fingerprint density at radius 3 is 2.56 bits per heavy atom. The van der Waals surface area contributed by atoms with Crippen LogP contribution < -0.4 is 4.90 Å². The number of nitrogens with zero attached hydrogens (tertiary/aromatic N) is 2. The van der Waals surface area contributed by atoms with E-state index in [9.17, 15) is 5.11 Å². The number of aliphatic hydroxyl groups is 1. The molecule has 4 rings (SSSR count). The molecule has 2 N–H and O–H groups in total. The smallest absolute Gasteiger partial charge is 0.0937 e. The van der Waals surface area contributed by atoms with Crippen molar-refractivity contribution in [1.29, 1.82) is 0 Å². The predicted molar refractivity (Wildman–Crippen MR) is 103 cm³/mol. The molecule has 0 amide bonds. The van der Waals surface area contributed by atoms with Gasteiger partial charge in [-0.15, -0.1) is 0 Å². The lowest BCUT2D eigenvalue weighted by atomic mass is 10.1. The SMILES string of the molecule is Cc1ccc2[nH]cc(C(O)CN3CCN(c4ccccc4)CC3)c2c1. The van der Waals surface area contributed by atoms with Crippen LogP contribution in [0.3, 0.4) is 0 Å². The zero-order valence-electron chi connectivity index (χ0n) is 14.7. The Balaban J connectivity index is 1.40. The van der Waals surface area contributed by atoms with E-state index in [1.165, 1.54) is 11.3 Å². The van der Waals surface area contributed by atoms with Crippen molar-refractivity contribution in [1.82, 2.24) is 9.88 Å². The maximum Gasteiger partial charge on any atom is 0.0937 e. The molecule has 130 valence electrons. The van der Waals surface area contributed by atoms with Crippen LogP contribution in [-0.2, 0) is 0 Å². The van der Waals surface area contributed by atoms with Gasteiger partial charge in [0.15, 0.2) is 0 Å². The molecule has 25 heavy (non-hydrogen) atoms. The number of rotatable bonds is 4. The van der Waals surface area contributed by atoms with Crippen LogP contribution in [0.1, 0.15) is 17.2 Å². The molecular formula is C21H25N3O. The molecule has 2 heterocycles. The van der Waals surface area contributed by atoms with Crippen molar-refractivity contribution in [3.8, 4) is 0 Å². The van der Waals surface area contributed by atoms with Gasteiger partial charge in [-0.2, -0.15) is 0 Å². The van der Waals surface area contributed by atoms with Crippen LogP contribution in [-0.4, -0.2) is 47.7 Å². The summed E-state index contributed by atoms with van der Waals surface area (Å²) in [5.41, 5.74) is 4.60. The minimum Gasteiger partial charge on any atom is -0.387 e. The first-order valence-electron chi connectivity index (χ1n) is 8.99. The number of para-hydroxylation sites is 1. The van der Waals surface area contributed by atoms with Gasteiger partial charge in [0.25, 0.3) is 0 Å². The van der Waals surface area contributed by atoms with Gasteiger partial charge in [-0.1, -0.05) is 29.8 Å². The molecule has 1 aromatic heterocycles. The highest BCUT2D eigenvalue weighted by Crippen LogP contribution is 2.26. The topological polar surface area (TPSA) is 42.5 Å².